The van der Waals surface area contributed by atoms with E-state index in [1.807, 2.05) is 12.1 Å². The summed E-state index contributed by atoms with van der Waals surface area (Å²) in [7, 11) is 0. The van der Waals surface area contributed by atoms with Crippen LogP contribution in [0.3, 0.4) is 0 Å². The zero-order valence-electron chi connectivity index (χ0n) is 6.49. The average Bonchev–Trinajstić information content (AvgIpc) is 2.03. The van der Waals surface area contributed by atoms with E-state index < -0.39 is 0 Å². The third-order valence-electron chi connectivity index (χ3n) is 1.28. The van der Waals surface area contributed by atoms with Gasteiger partial charge in [-0.25, -0.2) is 0 Å². The topological polar surface area (TPSA) is 45.1 Å². The zero-order valence-corrected chi connectivity index (χ0v) is 6.49. The maximum atomic E-state index is 8.94. The Morgan fingerprint density at radius 2 is 2.18 bits per heavy atom. The Labute approximate surface area is 66.1 Å². The summed E-state index contributed by atoms with van der Waals surface area (Å²) in [6, 6.07) is 3.73. The highest BCUT2D eigenvalue weighted by atomic mass is 16.3. The van der Waals surface area contributed by atoms with Gasteiger partial charge < -0.3 is 10.4 Å². The van der Waals surface area contributed by atoms with Crippen molar-refractivity contribution in [2.45, 2.75) is 13.0 Å². The van der Waals surface area contributed by atoms with Crippen LogP contribution in [0.25, 0.3) is 0 Å². The van der Waals surface area contributed by atoms with Crippen molar-refractivity contribution in [2.24, 2.45) is 0 Å². The second-order valence-corrected chi connectivity index (χ2v) is 2.47. The van der Waals surface area contributed by atoms with E-state index in [0.717, 1.165) is 5.69 Å². The number of aromatic nitrogens is 1. The number of nitrogens with zero attached hydrogens (tertiary/aromatic N) is 1. The Hall–Kier alpha value is -1.09. The first-order chi connectivity index (χ1) is 5.29. The van der Waals surface area contributed by atoms with E-state index in [0.29, 0.717) is 6.54 Å². The fourth-order valence-electron chi connectivity index (χ4n) is 0.735. The molecule has 1 aromatic heterocycles. The minimum atomic E-state index is -0.317. The van der Waals surface area contributed by atoms with Crippen molar-refractivity contribution in [1.82, 2.24) is 4.98 Å². The molecule has 1 atom stereocenters. The van der Waals surface area contributed by atoms with E-state index in [9.17, 15) is 0 Å². The molecule has 0 radical (unpaired) electrons. The maximum absolute atomic E-state index is 8.94. The minimum absolute atomic E-state index is 0.317. The summed E-state index contributed by atoms with van der Waals surface area (Å²) in [5.41, 5.74) is 0.987. The number of aliphatic hydroxyl groups is 1. The van der Waals surface area contributed by atoms with Crippen molar-refractivity contribution in [3.8, 4) is 0 Å². The molecule has 0 spiro atoms. The van der Waals surface area contributed by atoms with Crippen molar-refractivity contribution in [2.75, 3.05) is 11.9 Å². The van der Waals surface area contributed by atoms with Gasteiger partial charge in [0, 0.05) is 24.6 Å². The molecule has 0 aliphatic heterocycles. The highest BCUT2D eigenvalue weighted by Gasteiger charge is 1.93. The van der Waals surface area contributed by atoms with E-state index >= 15 is 0 Å². The number of nitrogens with one attached hydrogen (secondary N) is 1. The summed E-state index contributed by atoms with van der Waals surface area (Å²) >= 11 is 0. The van der Waals surface area contributed by atoms with Gasteiger partial charge in [0.05, 0.1) is 6.10 Å². The van der Waals surface area contributed by atoms with Gasteiger partial charge in [-0.2, -0.15) is 0 Å². The number of pyridine rings is 1. The largest absolute Gasteiger partial charge is 0.392 e. The molecule has 0 aliphatic carbocycles. The molecule has 0 unspecified atom stereocenters. The first-order valence-corrected chi connectivity index (χ1v) is 3.61. The Kier molecular flexibility index (Phi) is 2.86. The number of hydrogen-bond donors (Lipinski definition) is 2. The second-order valence-electron chi connectivity index (χ2n) is 2.47. The summed E-state index contributed by atoms with van der Waals surface area (Å²) < 4.78 is 0. The van der Waals surface area contributed by atoms with Crippen molar-refractivity contribution in [3.63, 3.8) is 0 Å². The van der Waals surface area contributed by atoms with Crippen molar-refractivity contribution in [1.29, 1.82) is 0 Å². The van der Waals surface area contributed by atoms with E-state index in [4.69, 9.17) is 5.11 Å². The molecule has 60 valence electrons. The molecule has 0 bridgehead atoms. The average molecular weight is 152 g/mol. The molecule has 1 heterocycles. The standard InChI is InChI=1S/C8H12N2O/c1-7(11)6-10-8-2-4-9-5-3-8/h2-5,7,11H,6H2,1H3,(H,9,10)/t7-/m0/s1. The van der Waals surface area contributed by atoms with Crippen LogP contribution in [0.5, 0.6) is 0 Å². The number of hydrogen-bond acceptors (Lipinski definition) is 3. The quantitative estimate of drug-likeness (QED) is 0.675. The lowest BCUT2D eigenvalue weighted by Gasteiger charge is -2.06. The van der Waals surface area contributed by atoms with Gasteiger partial charge in [-0.15, -0.1) is 0 Å². The van der Waals surface area contributed by atoms with Crippen LogP contribution in [-0.2, 0) is 0 Å². The normalized spacial score (nSPS) is 12.5. The van der Waals surface area contributed by atoms with Crippen molar-refractivity contribution in [3.05, 3.63) is 24.5 Å². The maximum Gasteiger partial charge on any atom is 0.0684 e. The SMILES string of the molecule is C[C@H](O)CNc1ccncc1. The van der Waals surface area contributed by atoms with E-state index in [1.165, 1.54) is 0 Å². The minimum Gasteiger partial charge on any atom is -0.392 e. The molecular weight excluding hydrogens is 140 g/mol. The van der Waals surface area contributed by atoms with Crippen LogP contribution in [0.1, 0.15) is 6.92 Å². The van der Waals surface area contributed by atoms with Crippen LogP contribution in [-0.4, -0.2) is 22.7 Å². The molecule has 1 aromatic rings. The van der Waals surface area contributed by atoms with Gasteiger partial charge in [0.1, 0.15) is 0 Å². The molecule has 0 fully saturated rings. The molecule has 0 aliphatic rings. The summed E-state index contributed by atoms with van der Waals surface area (Å²) in [6.07, 6.45) is 3.11. The van der Waals surface area contributed by atoms with Gasteiger partial charge >= 0.3 is 0 Å². The Morgan fingerprint density at radius 1 is 1.55 bits per heavy atom. The van der Waals surface area contributed by atoms with Gasteiger partial charge in [0.15, 0.2) is 0 Å². The third kappa shape index (κ3) is 3.00. The fraction of sp³-hybridized carbons (Fsp3) is 0.375. The summed E-state index contributed by atoms with van der Waals surface area (Å²) in [4.78, 5) is 3.87. The van der Waals surface area contributed by atoms with Crippen LogP contribution < -0.4 is 5.32 Å². The number of rotatable bonds is 3. The van der Waals surface area contributed by atoms with Crippen LogP contribution in [0.4, 0.5) is 5.69 Å². The highest BCUT2D eigenvalue weighted by molar-refractivity contribution is 5.40. The predicted molar refractivity (Wildman–Crippen MR) is 44.4 cm³/mol. The first kappa shape index (κ1) is 8.01. The molecule has 0 saturated carbocycles. The van der Waals surface area contributed by atoms with Crippen LogP contribution in [0.15, 0.2) is 24.5 Å². The van der Waals surface area contributed by atoms with Gasteiger partial charge in [-0.3, -0.25) is 4.98 Å². The molecule has 0 saturated heterocycles. The molecule has 0 aromatic carbocycles. The third-order valence-corrected chi connectivity index (χ3v) is 1.28. The summed E-state index contributed by atoms with van der Waals surface area (Å²) in [6.45, 7) is 2.32. The van der Waals surface area contributed by atoms with Crippen LogP contribution in [0, 0.1) is 0 Å². The van der Waals surface area contributed by atoms with Gasteiger partial charge in [0.2, 0.25) is 0 Å². The highest BCUT2D eigenvalue weighted by Crippen LogP contribution is 2.02. The first-order valence-electron chi connectivity index (χ1n) is 3.61. The fourth-order valence-corrected chi connectivity index (χ4v) is 0.735. The van der Waals surface area contributed by atoms with Crippen molar-refractivity contribution >= 4 is 5.69 Å². The monoisotopic (exact) mass is 152 g/mol. The van der Waals surface area contributed by atoms with Gasteiger partial charge in [0.25, 0.3) is 0 Å². The molecule has 1 rings (SSSR count). The lowest BCUT2D eigenvalue weighted by molar-refractivity contribution is 0.208. The Balaban J connectivity index is 2.39. The van der Waals surface area contributed by atoms with Crippen molar-refractivity contribution < 1.29 is 5.11 Å². The smallest absolute Gasteiger partial charge is 0.0684 e. The molecule has 3 nitrogen and oxygen atoms in total. The van der Waals surface area contributed by atoms with Gasteiger partial charge in [-0.05, 0) is 19.1 Å². The molecule has 0 amide bonds. The lowest BCUT2D eigenvalue weighted by atomic mass is 10.3. The molecule has 11 heavy (non-hydrogen) atoms. The second kappa shape index (κ2) is 3.93. The van der Waals surface area contributed by atoms with E-state index in [-0.39, 0.29) is 6.10 Å². The Bertz CT molecular complexity index is 199. The molecular formula is C8H12N2O. The predicted octanol–water partition coefficient (Wildman–Crippen LogP) is 0.874. The van der Waals surface area contributed by atoms with E-state index in [1.54, 1.807) is 19.3 Å². The van der Waals surface area contributed by atoms with Crippen LogP contribution in [0.2, 0.25) is 0 Å². The lowest BCUT2D eigenvalue weighted by Crippen LogP contribution is -2.15. The number of aliphatic hydroxyl groups excluding tert-OH is 1. The summed E-state index contributed by atoms with van der Waals surface area (Å²) in [5, 5.41) is 12.0. The Morgan fingerprint density at radius 3 is 2.73 bits per heavy atom. The van der Waals surface area contributed by atoms with Gasteiger partial charge in [-0.1, -0.05) is 0 Å². The van der Waals surface area contributed by atoms with E-state index in [2.05, 4.69) is 10.3 Å². The molecule has 2 N–H and O–H groups in total. The van der Waals surface area contributed by atoms with Crippen LogP contribution >= 0.6 is 0 Å². The summed E-state index contributed by atoms with van der Waals surface area (Å²) in [5.74, 6) is 0. The number of anilines is 1. The molecule has 3 heteroatoms. The zero-order chi connectivity index (χ0) is 8.10.